The van der Waals surface area contributed by atoms with E-state index < -0.39 is 10.9 Å². The minimum Gasteiger partial charge on any atom is -0.465 e. The van der Waals surface area contributed by atoms with E-state index in [1.807, 2.05) is 6.92 Å². The van der Waals surface area contributed by atoms with Gasteiger partial charge in [-0.05, 0) is 18.6 Å². The number of unbranched alkanes of at least 4 members (excludes halogenated alkanes) is 1. The molecule has 1 aromatic rings. The summed E-state index contributed by atoms with van der Waals surface area (Å²) in [5.74, 6) is -0.960. The van der Waals surface area contributed by atoms with Crippen LogP contribution in [0.25, 0.3) is 0 Å². The van der Waals surface area contributed by atoms with Crippen LogP contribution in [0.15, 0.2) is 18.2 Å². The fourth-order valence-electron chi connectivity index (χ4n) is 1.58. The highest BCUT2D eigenvalue weighted by molar-refractivity contribution is 5.96. The van der Waals surface area contributed by atoms with Crippen molar-refractivity contribution in [1.82, 2.24) is 0 Å². The van der Waals surface area contributed by atoms with E-state index in [0.29, 0.717) is 12.8 Å². The van der Waals surface area contributed by atoms with Gasteiger partial charge >= 0.3 is 5.97 Å². The smallest absolute Gasteiger partial charge is 0.338 e. The van der Waals surface area contributed by atoms with Crippen molar-refractivity contribution >= 4 is 23.3 Å². The molecule has 1 rings (SSSR count). The molecule has 0 aromatic heterocycles. The molecule has 0 radical (unpaired) electrons. The first-order valence-electron chi connectivity index (χ1n) is 6.16. The lowest BCUT2D eigenvalue weighted by Gasteiger charge is -2.07. The van der Waals surface area contributed by atoms with Gasteiger partial charge in [0.2, 0.25) is 5.91 Å². The van der Waals surface area contributed by atoms with E-state index in [-0.39, 0.29) is 22.8 Å². The molecular formula is C13H16N2O5. The molecule has 0 aliphatic rings. The summed E-state index contributed by atoms with van der Waals surface area (Å²) in [6.07, 6.45) is 1.86. The van der Waals surface area contributed by atoms with Gasteiger partial charge in [0, 0.05) is 12.5 Å². The second kappa shape index (κ2) is 7.22. The van der Waals surface area contributed by atoms with Gasteiger partial charge in [-0.1, -0.05) is 13.3 Å². The number of carbonyl (C=O) groups excluding carboxylic acids is 2. The van der Waals surface area contributed by atoms with Crippen molar-refractivity contribution in [2.45, 2.75) is 26.2 Å². The molecule has 7 nitrogen and oxygen atoms in total. The number of carbonyl (C=O) groups is 2. The van der Waals surface area contributed by atoms with Crippen molar-refractivity contribution in [2.75, 3.05) is 12.4 Å². The summed E-state index contributed by atoms with van der Waals surface area (Å²) in [5, 5.41) is 13.5. The third-order valence-corrected chi connectivity index (χ3v) is 2.65. The third-order valence-electron chi connectivity index (χ3n) is 2.65. The van der Waals surface area contributed by atoms with Crippen molar-refractivity contribution < 1.29 is 19.2 Å². The molecule has 0 heterocycles. The van der Waals surface area contributed by atoms with Crippen LogP contribution in [-0.4, -0.2) is 23.9 Å². The molecule has 0 bridgehead atoms. The number of benzene rings is 1. The van der Waals surface area contributed by atoms with Gasteiger partial charge in [-0.25, -0.2) is 4.79 Å². The number of amides is 1. The zero-order chi connectivity index (χ0) is 15.1. The highest BCUT2D eigenvalue weighted by atomic mass is 16.6. The van der Waals surface area contributed by atoms with Crippen molar-refractivity contribution in [3.8, 4) is 0 Å². The first kappa shape index (κ1) is 15.6. The minimum absolute atomic E-state index is 0.0609. The van der Waals surface area contributed by atoms with Crippen molar-refractivity contribution in [2.24, 2.45) is 0 Å². The Labute approximate surface area is 116 Å². The maximum absolute atomic E-state index is 11.6. The van der Waals surface area contributed by atoms with Crippen LogP contribution >= 0.6 is 0 Å². The molecule has 0 aliphatic heterocycles. The van der Waals surface area contributed by atoms with E-state index >= 15 is 0 Å². The number of methoxy groups -OCH3 is 1. The number of hydrogen-bond acceptors (Lipinski definition) is 5. The van der Waals surface area contributed by atoms with Crippen LogP contribution in [-0.2, 0) is 9.53 Å². The standard InChI is InChI=1S/C13H16N2O5/c1-3-4-5-12(16)14-10-7-6-9(13(17)20-2)8-11(10)15(18)19/h6-8H,3-5H2,1-2H3,(H,14,16). The zero-order valence-electron chi connectivity index (χ0n) is 11.3. The Bertz CT molecular complexity index is 527. The lowest BCUT2D eigenvalue weighted by molar-refractivity contribution is -0.384. The number of hydrogen-bond donors (Lipinski definition) is 1. The van der Waals surface area contributed by atoms with Gasteiger partial charge in [-0.3, -0.25) is 14.9 Å². The lowest BCUT2D eigenvalue weighted by atomic mass is 10.1. The number of nitro groups is 1. The van der Waals surface area contributed by atoms with Crippen molar-refractivity contribution in [3.63, 3.8) is 0 Å². The zero-order valence-corrected chi connectivity index (χ0v) is 11.3. The Morgan fingerprint density at radius 3 is 2.65 bits per heavy atom. The summed E-state index contributed by atoms with van der Waals surface area (Å²) in [5.41, 5.74) is -0.202. The van der Waals surface area contributed by atoms with Gasteiger partial charge in [0.05, 0.1) is 17.6 Å². The number of esters is 1. The van der Waals surface area contributed by atoms with Crippen LogP contribution in [0.5, 0.6) is 0 Å². The Morgan fingerprint density at radius 2 is 2.10 bits per heavy atom. The predicted octanol–water partition coefficient (Wildman–Crippen LogP) is 2.51. The Morgan fingerprint density at radius 1 is 1.40 bits per heavy atom. The Balaban J connectivity index is 2.99. The Kier molecular flexibility index (Phi) is 5.64. The lowest BCUT2D eigenvalue weighted by Crippen LogP contribution is -2.13. The van der Waals surface area contributed by atoms with E-state index in [4.69, 9.17) is 0 Å². The van der Waals surface area contributed by atoms with E-state index in [2.05, 4.69) is 10.1 Å². The number of rotatable bonds is 6. The molecule has 0 unspecified atom stereocenters. The second-order valence-electron chi connectivity index (χ2n) is 4.13. The second-order valence-corrected chi connectivity index (χ2v) is 4.13. The van der Waals surface area contributed by atoms with Crippen LogP contribution < -0.4 is 5.32 Å². The molecule has 0 saturated carbocycles. The van der Waals surface area contributed by atoms with E-state index in [9.17, 15) is 19.7 Å². The highest BCUT2D eigenvalue weighted by Crippen LogP contribution is 2.26. The fraction of sp³-hybridized carbons (Fsp3) is 0.385. The van der Waals surface area contributed by atoms with Crippen molar-refractivity contribution in [3.05, 3.63) is 33.9 Å². The number of nitro benzene ring substituents is 1. The molecular weight excluding hydrogens is 264 g/mol. The molecule has 1 aromatic carbocycles. The van der Waals surface area contributed by atoms with E-state index in [0.717, 1.165) is 12.5 Å². The topological polar surface area (TPSA) is 98.5 Å². The van der Waals surface area contributed by atoms with E-state index in [1.54, 1.807) is 0 Å². The van der Waals surface area contributed by atoms with Crippen LogP contribution in [0.1, 0.15) is 36.5 Å². The van der Waals surface area contributed by atoms with Crippen LogP contribution in [0.4, 0.5) is 11.4 Å². The first-order valence-corrected chi connectivity index (χ1v) is 6.16. The molecule has 0 atom stereocenters. The molecule has 1 N–H and O–H groups in total. The van der Waals surface area contributed by atoms with Gasteiger partial charge < -0.3 is 10.1 Å². The third kappa shape index (κ3) is 4.04. The molecule has 0 fully saturated rings. The van der Waals surface area contributed by atoms with Gasteiger partial charge in [0.25, 0.3) is 5.69 Å². The number of nitrogens with zero attached hydrogens (tertiary/aromatic N) is 1. The molecule has 0 saturated heterocycles. The quantitative estimate of drug-likeness (QED) is 0.490. The van der Waals surface area contributed by atoms with Crippen LogP contribution in [0.3, 0.4) is 0 Å². The number of ether oxygens (including phenoxy) is 1. The maximum atomic E-state index is 11.6. The van der Waals surface area contributed by atoms with E-state index in [1.165, 1.54) is 19.2 Å². The summed E-state index contributed by atoms with van der Waals surface area (Å²) >= 11 is 0. The van der Waals surface area contributed by atoms with Gasteiger partial charge in [0.15, 0.2) is 0 Å². The number of nitrogens with one attached hydrogen (secondary N) is 1. The molecule has 108 valence electrons. The van der Waals surface area contributed by atoms with Gasteiger partial charge in [0.1, 0.15) is 5.69 Å². The predicted molar refractivity (Wildman–Crippen MR) is 72.6 cm³/mol. The summed E-state index contributed by atoms with van der Waals surface area (Å²) < 4.78 is 4.50. The van der Waals surface area contributed by atoms with Gasteiger partial charge in [-0.2, -0.15) is 0 Å². The molecule has 0 aliphatic carbocycles. The molecule has 0 spiro atoms. The largest absolute Gasteiger partial charge is 0.465 e. The summed E-state index contributed by atoms with van der Waals surface area (Å²) in [6.45, 7) is 1.95. The fourth-order valence-corrected chi connectivity index (χ4v) is 1.58. The Hall–Kier alpha value is -2.44. The van der Waals surface area contributed by atoms with Crippen LogP contribution in [0, 0.1) is 10.1 Å². The molecule has 7 heteroatoms. The normalized spacial score (nSPS) is 9.90. The van der Waals surface area contributed by atoms with Gasteiger partial charge in [-0.15, -0.1) is 0 Å². The average molecular weight is 280 g/mol. The molecule has 20 heavy (non-hydrogen) atoms. The summed E-state index contributed by atoms with van der Waals surface area (Å²) in [7, 11) is 1.19. The number of anilines is 1. The maximum Gasteiger partial charge on any atom is 0.338 e. The highest BCUT2D eigenvalue weighted by Gasteiger charge is 2.19. The monoisotopic (exact) mass is 280 g/mol. The summed E-state index contributed by atoms with van der Waals surface area (Å²) in [4.78, 5) is 33.3. The SMILES string of the molecule is CCCCC(=O)Nc1ccc(C(=O)OC)cc1[N+](=O)[O-]. The minimum atomic E-state index is -0.669. The van der Waals surface area contributed by atoms with Crippen molar-refractivity contribution in [1.29, 1.82) is 0 Å². The average Bonchev–Trinajstić information content (AvgIpc) is 2.44. The van der Waals surface area contributed by atoms with Crippen LogP contribution in [0.2, 0.25) is 0 Å². The summed E-state index contributed by atoms with van der Waals surface area (Å²) in [6, 6.07) is 3.78. The molecule has 1 amide bonds. The first-order chi connectivity index (χ1) is 9.49.